The second-order valence-corrected chi connectivity index (χ2v) is 4.36. The van der Waals surface area contributed by atoms with Gasteiger partial charge in [-0.3, -0.25) is 9.05 Å². The van der Waals surface area contributed by atoms with Crippen LogP contribution in [0.25, 0.3) is 0 Å². The number of hydrogen-bond acceptors (Lipinski definition) is 3. The largest absolute Gasteiger partial charge is 0.513 e. The smallest absolute Gasteiger partial charge is 0.281 e. The number of halogens is 1. The summed E-state index contributed by atoms with van der Waals surface area (Å²) >= 11 is 0. The molecule has 0 aromatic carbocycles. The maximum absolute atomic E-state index is 13.1. The van der Waals surface area contributed by atoms with E-state index in [1.807, 2.05) is 13.8 Å². The average Bonchev–Trinajstić information content (AvgIpc) is 2.02. The predicted molar refractivity (Wildman–Crippen MR) is 50.4 cm³/mol. The molecule has 13 heavy (non-hydrogen) atoms. The molecule has 5 heteroatoms. The van der Waals surface area contributed by atoms with E-state index in [2.05, 4.69) is 9.05 Å². The average molecular weight is 212 g/mol. The number of rotatable bonds is 6. The molecule has 0 amide bonds. The van der Waals surface area contributed by atoms with Gasteiger partial charge in [0.2, 0.25) is 0 Å². The first kappa shape index (κ1) is 13.1. The molecule has 0 rings (SSSR count). The van der Waals surface area contributed by atoms with Gasteiger partial charge in [0.1, 0.15) is 0 Å². The van der Waals surface area contributed by atoms with Crippen LogP contribution in [0.5, 0.6) is 0 Å². The van der Waals surface area contributed by atoms with Gasteiger partial charge >= 0.3 is 7.91 Å². The molecule has 0 radical (unpaired) electrons. The molecule has 0 heterocycles. The first-order valence-corrected chi connectivity index (χ1v) is 6.01. The van der Waals surface area contributed by atoms with Crippen LogP contribution in [-0.4, -0.2) is 12.2 Å². The molecule has 0 aliphatic rings. The highest BCUT2D eigenvalue weighted by molar-refractivity contribution is 7.48. The van der Waals surface area contributed by atoms with Crippen molar-refractivity contribution in [1.29, 1.82) is 0 Å². The Morgan fingerprint density at radius 1 is 1.15 bits per heavy atom. The van der Waals surface area contributed by atoms with Crippen molar-refractivity contribution in [3.8, 4) is 0 Å². The maximum Gasteiger partial charge on any atom is 0.513 e. The van der Waals surface area contributed by atoms with Gasteiger partial charge in [0, 0.05) is 0 Å². The summed E-state index contributed by atoms with van der Waals surface area (Å²) in [5.41, 5.74) is 0. The zero-order chi connectivity index (χ0) is 10.5. The van der Waals surface area contributed by atoms with Crippen molar-refractivity contribution in [1.82, 2.24) is 0 Å². The SMILES string of the molecule is CCC(C)OP(=O)(F)OC(C)CC. The first-order valence-electron chi connectivity index (χ1n) is 4.57. The van der Waals surface area contributed by atoms with Gasteiger partial charge in [-0.05, 0) is 26.7 Å². The van der Waals surface area contributed by atoms with Gasteiger partial charge in [0.05, 0.1) is 12.2 Å². The van der Waals surface area contributed by atoms with Crippen LogP contribution >= 0.6 is 7.91 Å². The molecular formula is C8H18FO3P. The molecule has 2 atom stereocenters. The van der Waals surface area contributed by atoms with E-state index in [9.17, 15) is 8.76 Å². The van der Waals surface area contributed by atoms with E-state index in [-0.39, 0.29) is 12.2 Å². The van der Waals surface area contributed by atoms with Crippen LogP contribution < -0.4 is 0 Å². The van der Waals surface area contributed by atoms with Crippen molar-refractivity contribution in [3.05, 3.63) is 0 Å². The Morgan fingerprint density at radius 2 is 1.46 bits per heavy atom. The Bertz CT molecular complexity index is 170. The van der Waals surface area contributed by atoms with E-state index >= 15 is 0 Å². The van der Waals surface area contributed by atoms with Gasteiger partial charge in [0.25, 0.3) is 0 Å². The molecule has 3 nitrogen and oxygen atoms in total. The lowest BCUT2D eigenvalue weighted by Gasteiger charge is -2.17. The molecule has 0 spiro atoms. The van der Waals surface area contributed by atoms with Crippen LogP contribution in [-0.2, 0) is 13.6 Å². The molecule has 0 fully saturated rings. The van der Waals surface area contributed by atoms with Gasteiger partial charge in [-0.2, -0.15) is 0 Å². The third kappa shape index (κ3) is 6.19. The Labute approximate surface area is 79.3 Å². The third-order valence-corrected chi connectivity index (χ3v) is 2.98. The summed E-state index contributed by atoms with van der Waals surface area (Å²) in [5, 5.41) is 0. The summed E-state index contributed by atoms with van der Waals surface area (Å²) in [6.45, 7) is 6.97. The normalized spacial score (nSPS) is 20.7. The fraction of sp³-hybridized carbons (Fsp3) is 1.00. The summed E-state index contributed by atoms with van der Waals surface area (Å²) in [6.07, 6.45) is 0.468. The second-order valence-electron chi connectivity index (χ2n) is 3.08. The van der Waals surface area contributed by atoms with Crippen LogP contribution in [0.4, 0.5) is 4.20 Å². The monoisotopic (exact) mass is 212 g/mol. The molecule has 0 bridgehead atoms. The van der Waals surface area contributed by atoms with E-state index in [0.29, 0.717) is 12.8 Å². The van der Waals surface area contributed by atoms with Crippen LogP contribution in [0.15, 0.2) is 0 Å². The summed E-state index contributed by atoms with van der Waals surface area (Å²) in [5.74, 6) is 0. The Morgan fingerprint density at radius 3 is 1.69 bits per heavy atom. The van der Waals surface area contributed by atoms with E-state index in [1.54, 1.807) is 13.8 Å². The highest BCUT2D eigenvalue weighted by Crippen LogP contribution is 2.52. The molecule has 0 aliphatic heterocycles. The standard InChI is InChI=1S/C8H18FO3P/c1-5-7(3)11-13(9,10)12-8(4)6-2/h7-8H,5-6H2,1-4H3. The van der Waals surface area contributed by atoms with Crippen LogP contribution in [0.3, 0.4) is 0 Å². The Hall–Kier alpha value is 0.0800. The van der Waals surface area contributed by atoms with Crippen molar-refractivity contribution in [3.63, 3.8) is 0 Å². The van der Waals surface area contributed by atoms with E-state index in [1.165, 1.54) is 0 Å². The fourth-order valence-electron chi connectivity index (χ4n) is 0.604. The molecule has 0 N–H and O–H groups in total. The summed E-state index contributed by atoms with van der Waals surface area (Å²) < 4.78 is 33.4. The zero-order valence-electron chi connectivity index (χ0n) is 8.62. The van der Waals surface area contributed by atoms with Crippen LogP contribution in [0, 0.1) is 0 Å². The highest BCUT2D eigenvalue weighted by atomic mass is 31.2. The highest BCUT2D eigenvalue weighted by Gasteiger charge is 2.28. The summed E-state index contributed by atoms with van der Waals surface area (Å²) in [7, 11) is -4.34. The van der Waals surface area contributed by atoms with Crippen molar-refractivity contribution in [2.24, 2.45) is 0 Å². The minimum Gasteiger partial charge on any atom is -0.281 e. The fourth-order valence-corrected chi connectivity index (χ4v) is 1.81. The van der Waals surface area contributed by atoms with Gasteiger partial charge in [-0.25, -0.2) is 4.57 Å². The maximum atomic E-state index is 13.1. The summed E-state index contributed by atoms with van der Waals surface area (Å²) in [4.78, 5) is 0. The van der Waals surface area contributed by atoms with Crippen molar-refractivity contribution in [2.45, 2.75) is 52.7 Å². The van der Waals surface area contributed by atoms with E-state index in [0.717, 1.165) is 0 Å². The predicted octanol–water partition coefficient (Wildman–Crippen LogP) is 3.69. The molecule has 0 saturated heterocycles. The molecule has 0 saturated carbocycles. The quantitative estimate of drug-likeness (QED) is 0.630. The first-order chi connectivity index (χ1) is 5.91. The topological polar surface area (TPSA) is 35.5 Å². The van der Waals surface area contributed by atoms with Gasteiger partial charge in [0.15, 0.2) is 0 Å². The minimum atomic E-state index is -4.34. The molecule has 0 aliphatic carbocycles. The lowest BCUT2D eigenvalue weighted by molar-refractivity contribution is 0.101. The van der Waals surface area contributed by atoms with Crippen molar-refractivity contribution in [2.75, 3.05) is 0 Å². The lowest BCUT2D eigenvalue weighted by atomic mass is 10.3. The third-order valence-electron chi connectivity index (χ3n) is 1.76. The molecular weight excluding hydrogens is 194 g/mol. The number of hydrogen-bond donors (Lipinski definition) is 0. The zero-order valence-corrected chi connectivity index (χ0v) is 9.51. The van der Waals surface area contributed by atoms with Crippen molar-refractivity contribution >= 4 is 7.91 Å². The van der Waals surface area contributed by atoms with E-state index in [4.69, 9.17) is 0 Å². The van der Waals surface area contributed by atoms with Gasteiger partial charge < -0.3 is 0 Å². The van der Waals surface area contributed by atoms with Gasteiger partial charge in [-0.15, -0.1) is 4.20 Å². The lowest BCUT2D eigenvalue weighted by Crippen LogP contribution is -2.09. The van der Waals surface area contributed by atoms with Crippen LogP contribution in [0.2, 0.25) is 0 Å². The molecule has 0 aromatic heterocycles. The second kappa shape index (κ2) is 5.74. The van der Waals surface area contributed by atoms with Gasteiger partial charge in [-0.1, -0.05) is 13.8 Å². The van der Waals surface area contributed by atoms with E-state index < -0.39 is 7.91 Å². The molecule has 80 valence electrons. The Balaban J connectivity index is 4.00. The van der Waals surface area contributed by atoms with Crippen molar-refractivity contribution < 1.29 is 17.8 Å². The Kier molecular flexibility index (Phi) is 5.77. The molecule has 0 aromatic rings. The summed E-state index contributed by atoms with van der Waals surface area (Å²) in [6, 6.07) is 0. The van der Waals surface area contributed by atoms with Crippen LogP contribution in [0.1, 0.15) is 40.5 Å². The minimum absolute atomic E-state index is 0.375. The molecule has 2 unspecified atom stereocenters.